The van der Waals surface area contributed by atoms with E-state index in [4.69, 9.17) is 0 Å². The highest BCUT2D eigenvalue weighted by Gasteiger charge is 2.15. The summed E-state index contributed by atoms with van der Waals surface area (Å²) in [6.07, 6.45) is 13.0. The first-order valence-electron chi connectivity index (χ1n) is 9.47. The summed E-state index contributed by atoms with van der Waals surface area (Å²) < 4.78 is 3.75. The molecule has 0 bridgehead atoms. The second-order valence-electron chi connectivity index (χ2n) is 7.32. The molecule has 6 rings (SSSR count). The van der Waals surface area contributed by atoms with Gasteiger partial charge in [0.2, 0.25) is 0 Å². The maximum atomic E-state index is 4.55. The number of hydrogen-bond acceptors (Lipinski definition) is 5. The maximum absolute atomic E-state index is 4.55. The molecule has 0 fully saturated rings. The van der Waals surface area contributed by atoms with Crippen LogP contribution in [0.5, 0.6) is 0 Å². The number of aromatic nitrogens is 9. The molecule has 6 aromatic heterocycles. The molecule has 0 aromatic carbocycles. The highest BCUT2D eigenvalue weighted by Crippen LogP contribution is 2.32. The molecule has 0 aliphatic carbocycles. The Bertz CT molecular complexity index is 1530. The van der Waals surface area contributed by atoms with E-state index in [9.17, 15) is 0 Å². The molecule has 0 spiro atoms. The molecule has 0 aliphatic rings. The van der Waals surface area contributed by atoms with Crippen LogP contribution in [0.3, 0.4) is 0 Å². The maximum Gasteiger partial charge on any atom is 0.116 e. The SMILES string of the molecule is Cc1cn(-c2cncc3[nH]c(-c4n[nH]c5cnc(-c6cnn(C)c6)cc45)cc23)cn1. The van der Waals surface area contributed by atoms with Crippen LogP contribution >= 0.6 is 0 Å². The van der Waals surface area contributed by atoms with E-state index in [2.05, 4.69) is 41.3 Å². The molecule has 30 heavy (non-hydrogen) atoms. The van der Waals surface area contributed by atoms with E-state index < -0.39 is 0 Å². The van der Waals surface area contributed by atoms with E-state index in [1.165, 1.54) is 0 Å². The zero-order valence-electron chi connectivity index (χ0n) is 16.3. The molecular weight excluding hydrogens is 378 g/mol. The Morgan fingerprint density at radius 1 is 0.933 bits per heavy atom. The third-order valence-electron chi connectivity index (χ3n) is 5.22. The Hall–Kier alpha value is -4.27. The lowest BCUT2D eigenvalue weighted by atomic mass is 10.1. The van der Waals surface area contributed by atoms with Gasteiger partial charge in [0.25, 0.3) is 0 Å². The van der Waals surface area contributed by atoms with Gasteiger partial charge in [0, 0.05) is 35.8 Å². The van der Waals surface area contributed by atoms with Gasteiger partial charge in [0.05, 0.1) is 64.9 Å². The smallest absolute Gasteiger partial charge is 0.116 e. The van der Waals surface area contributed by atoms with Crippen LogP contribution in [0.25, 0.3) is 50.1 Å². The highest BCUT2D eigenvalue weighted by molar-refractivity contribution is 5.98. The Labute approximate surface area is 170 Å². The number of rotatable bonds is 3. The number of aryl methyl sites for hydroxylation is 2. The van der Waals surface area contributed by atoms with E-state index in [-0.39, 0.29) is 0 Å². The van der Waals surface area contributed by atoms with Crippen molar-refractivity contribution in [2.45, 2.75) is 6.92 Å². The minimum Gasteiger partial charge on any atom is -0.352 e. The first-order valence-corrected chi connectivity index (χ1v) is 9.47. The largest absolute Gasteiger partial charge is 0.352 e. The zero-order valence-corrected chi connectivity index (χ0v) is 16.3. The summed E-state index contributed by atoms with van der Waals surface area (Å²) >= 11 is 0. The molecule has 146 valence electrons. The van der Waals surface area contributed by atoms with E-state index in [0.717, 1.165) is 55.8 Å². The van der Waals surface area contributed by atoms with Crippen molar-refractivity contribution in [1.82, 2.24) is 44.5 Å². The van der Waals surface area contributed by atoms with Crippen molar-refractivity contribution in [3.05, 3.63) is 61.3 Å². The second-order valence-corrected chi connectivity index (χ2v) is 7.32. The summed E-state index contributed by atoms with van der Waals surface area (Å²) in [5, 5.41) is 13.9. The van der Waals surface area contributed by atoms with Gasteiger partial charge in [-0.25, -0.2) is 4.98 Å². The molecule has 0 aliphatic heterocycles. The molecule has 0 unspecified atom stereocenters. The Balaban J connectivity index is 1.52. The second kappa shape index (κ2) is 6.11. The molecule has 0 amide bonds. The fraction of sp³-hybridized carbons (Fsp3) is 0.0952. The standard InChI is InChI=1S/C21H17N9/c1-12-9-30(11-24-12)20-8-22-6-18-14(20)3-17(26-18)21-15-4-16(13-5-25-29(2)10-13)23-7-19(15)27-28-21/h3-11,26H,1-2H3,(H,27,28). The van der Waals surface area contributed by atoms with Gasteiger partial charge in [-0.15, -0.1) is 0 Å². The molecule has 0 saturated heterocycles. The fourth-order valence-corrected chi connectivity index (χ4v) is 3.76. The van der Waals surface area contributed by atoms with Gasteiger partial charge in [-0.2, -0.15) is 10.2 Å². The number of nitrogens with zero attached hydrogens (tertiary/aromatic N) is 7. The lowest BCUT2D eigenvalue weighted by molar-refractivity contribution is 0.768. The van der Waals surface area contributed by atoms with E-state index in [1.54, 1.807) is 17.2 Å². The van der Waals surface area contributed by atoms with E-state index in [1.807, 2.05) is 55.6 Å². The van der Waals surface area contributed by atoms with Gasteiger partial charge in [0.1, 0.15) is 5.69 Å². The van der Waals surface area contributed by atoms with Crippen LogP contribution in [0.2, 0.25) is 0 Å². The number of pyridine rings is 2. The number of imidazole rings is 1. The highest BCUT2D eigenvalue weighted by atomic mass is 15.2. The quantitative estimate of drug-likeness (QED) is 0.478. The lowest BCUT2D eigenvalue weighted by Crippen LogP contribution is -1.91. The minimum atomic E-state index is 0.835. The van der Waals surface area contributed by atoms with Crippen molar-refractivity contribution in [3.63, 3.8) is 0 Å². The molecule has 9 nitrogen and oxygen atoms in total. The van der Waals surface area contributed by atoms with Crippen molar-refractivity contribution in [2.24, 2.45) is 7.05 Å². The van der Waals surface area contributed by atoms with Gasteiger partial charge < -0.3 is 9.55 Å². The molecule has 0 saturated carbocycles. The van der Waals surface area contributed by atoms with Crippen molar-refractivity contribution in [3.8, 4) is 28.3 Å². The Kier molecular flexibility index (Phi) is 3.40. The van der Waals surface area contributed by atoms with Crippen LogP contribution in [-0.2, 0) is 7.05 Å². The zero-order chi connectivity index (χ0) is 20.2. The number of aromatic amines is 2. The fourth-order valence-electron chi connectivity index (χ4n) is 3.76. The van der Waals surface area contributed by atoms with Crippen molar-refractivity contribution in [2.75, 3.05) is 0 Å². The Morgan fingerprint density at radius 2 is 1.87 bits per heavy atom. The minimum absolute atomic E-state index is 0.835. The monoisotopic (exact) mass is 395 g/mol. The third kappa shape index (κ3) is 2.52. The average Bonchev–Trinajstić information content (AvgIpc) is 3.52. The van der Waals surface area contributed by atoms with Crippen LogP contribution in [0.1, 0.15) is 5.69 Å². The van der Waals surface area contributed by atoms with E-state index in [0.29, 0.717) is 0 Å². The number of H-pyrrole nitrogens is 2. The molecule has 2 N–H and O–H groups in total. The molecule has 0 atom stereocenters. The molecule has 6 heterocycles. The predicted octanol–water partition coefficient (Wildman–Crippen LogP) is 3.40. The van der Waals surface area contributed by atoms with Crippen LogP contribution in [0.15, 0.2) is 55.6 Å². The van der Waals surface area contributed by atoms with Gasteiger partial charge >= 0.3 is 0 Å². The summed E-state index contributed by atoms with van der Waals surface area (Å²) in [7, 11) is 1.89. The molecule has 9 heteroatoms. The Morgan fingerprint density at radius 3 is 2.67 bits per heavy atom. The van der Waals surface area contributed by atoms with Crippen molar-refractivity contribution in [1.29, 1.82) is 0 Å². The average molecular weight is 395 g/mol. The van der Waals surface area contributed by atoms with Gasteiger partial charge in [-0.1, -0.05) is 0 Å². The third-order valence-corrected chi connectivity index (χ3v) is 5.22. The molecule has 6 aromatic rings. The van der Waals surface area contributed by atoms with Crippen LogP contribution in [0.4, 0.5) is 0 Å². The number of nitrogens with one attached hydrogen (secondary N) is 2. The number of fused-ring (bicyclic) bond motifs is 2. The first kappa shape index (κ1) is 16.7. The van der Waals surface area contributed by atoms with Gasteiger partial charge in [0.15, 0.2) is 0 Å². The van der Waals surface area contributed by atoms with Crippen molar-refractivity contribution < 1.29 is 0 Å². The topological polar surface area (TPSA) is 106 Å². The van der Waals surface area contributed by atoms with Crippen LogP contribution < -0.4 is 0 Å². The normalized spacial score (nSPS) is 11.7. The lowest BCUT2D eigenvalue weighted by Gasteiger charge is -2.02. The molecule has 0 radical (unpaired) electrons. The summed E-state index contributed by atoms with van der Waals surface area (Å²) in [6, 6.07) is 4.14. The summed E-state index contributed by atoms with van der Waals surface area (Å²) in [5.41, 5.74) is 7.29. The first-order chi connectivity index (χ1) is 14.7. The van der Waals surface area contributed by atoms with E-state index >= 15 is 0 Å². The summed E-state index contributed by atoms with van der Waals surface area (Å²) in [5.74, 6) is 0. The summed E-state index contributed by atoms with van der Waals surface area (Å²) in [6.45, 7) is 1.97. The van der Waals surface area contributed by atoms with Crippen LogP contribution in [-0.4, -0.2) is 44.5 Å². The van der Waals surface area contributed by atoms with Gasteiger partial charge in [-0.05, 0) is 19.1 Å². The van der Waals surface area contributed by atoms with Crippen LogP contribution in [0, 0.1) is 6.92 Å². The van der Waals surface area contributed by atoms with Gasteiger partial charge in [-0.3, -0.25) is 19.7 Å². The molecular formula is C21H17N9. The predicted molar refractivity (Wildman–Crippen MR) is 113 cm³/mol. The number of hydrogen-bond donors (Lipinski definition) is 2. The summed E-state index contributed by atoms with van der Waals surface area (Å²) in [4.78, 5) is 16.7. The van der Waals surface area contributed by atoms with Crippen molar-refractivity contribution >= 4 is 21.8 Å².